The Morgan fingerprint density at radius 3 is 2.84 bits per heavy atom. The molecule has 0 unspecified atom stereocenters. The van der Waals surface area contributed by atoms with Gasteiger partial charge in [-0.3, -0.25) is 5.10 Å². The zero-order chi connectivity index (χ0) is 17.4. The maximum absolute atomic E-state index is 13.0. The van der Waals surface area contributed by atoms with Gasteiger partial charge in [0.1, 0.15) is 17.3 Å². The molecule has 25 heavy (non-hydrogen) atoms. The van der Waals surface area contributed by atoms with Crippen LogP contribution in [0.1, 0.15) is 42.2 Å². The number of aromatic amines is 1. The lowest BCUT2D eigenvalue weighted by Crippen LogP contribution is -2.00. The summed E-state index contributed by atoms with van der Waals surface area (Å²) in [6, 6.07) is 10.2. The predicted molar refractivity (Wildman–Crippen MR) is 94.8 cm³/mol. The number of hydrogen-bond acceptors (Lipinski definition) is 4. The molecule has 0 bridgehead atoms. The number of nitrogens with zero attached hydrogens (tertiary/aromatic N) is 3. The van der Waals surface area contributed by atoms with Crippen molar-refractivity contribution in [1.82, 2.24) is 14.9 Å². The minimum Gasteiger partial charge on any atom is -0.460 e. The number of furan rings is 1. The molecule has 1 aliphatic carbocycles. The summed E-state index contributed by atoms with van der Waals surface area (Å²) in [6.45, 7) is 2.22. The molecule has 1 aromatic carbocycles. The first kappa shape index (κ1) is 16.0. The molecule has 7 heteroatoms. The van der Waals surface area contributed by atoms with Gasteiger partial charge in [0.15, 0.2) is 5.82 Å². The molecule has 0 spiro atoms. The number of hydrogen-bond donors (Lipinski definition) is 1. The van der Waals surface area contributed by atoms with Gasteiger partial charge >= 0.3 is 0 Å². The maximum Gasteiger partial charge on any atom is 0.216 e. The number of benzene rings is 1. The van der Waals surface area contributed by atoms with Crippen molar-refractivity contribution in [2.24, 2.45) is 11.0 Å². The standard InChI is InChI=1S/C18H17FN4OS/c1-11-8-15(11)16-7-6-14(24-16)10-20-23-17(21-22-18(23)25)9-12-2-4-13(19)5-3-12/h2-7,10-11,15H,8-9H2,1H3,(H,22,25)/b20-10-/t11-,15-/m0/s1. The van der Waals surface area contributed by atoms with Crippen molar-refractivity contribution in [3.05, 3.63) is 69.9 Å². The molecule has 1 aliphatic rings. The summed E-state index contributed by atoms with van der Waals surface area (Å²) in [7, 11) is 0. The number of rotatable bonds is 5. The molecule has 2 heterocycles. The number of halogens is 1. The van der Waals surface area contributed by atoms with Crippen molar-refractivity contribution in [2.45, 2.75) is 25.7 Å². The minimum atomic E-state index is -0.265. The molecule has 1 fully saturated rings. The van der Waals surface area contributed by atoms with E-state index in [1.165, 1.54) is 18.6 Å². The van der Waals surface area contributed by atoms with Crippen molar-refractivity contribution >= 4 is 18.4 Å². The van der Waals surface area contributed by atoms with Gasteiger partial charge in [0, 0.05) is 12.3 Å². The van der Waals surface area contributed by atoms with Crippen LogP contribution in [0.5, 0.6) is 0 Å². The van der Waals surface area contributed by atoms with Crippen LogP contribution in [0.4, 0.5) is 4.39 Å². The first-order chi connectivity index (χ1) is 12.1. The van der Waals surface area contributed by atoms with Crippen LogP contribution in [0.15, 0.2) is 45.9 Å². The van der Waals surface area contributed by atoms with Gasteiger partial charge in [-0.15, -0.1) is 0 Å². The average Bonchev–Trinajstić information content (AvgIpc) is 3.01. The highest BCUT2D eigenvalue weighted by Gasteiger charge is 2.36. The van der Waals surface area contributed by atoms with Crippen LogP contribution >= 0.6 is 12.2 Å². The first-order valence-electron chi connectivity index (χ1n) is 8.15. The van der Waals surface area contributed by atoms with Gasteiger partial charge < -0.3 is 4.42 Å². The Hall–Kier alpha value is -2.54. The zero-order valence-electron chi connectivity index (χ0n) is 13.6. The summed E-state index contributed by atoms with van der Waals surface area (Å²) in [5.74, 6) is 3.31. The smallest absolute Gasteiger partial charge is 0.216 e. The van der Waals surface area contributed by atoms with Crippen molar-refractivity contribution in [1.29, 1.82) is 0 Å². The van der Waals surface area contributed by atoms with Gasteiger partial charge in [0.05, 0.1) is 6.21 Å². The van der Waals surface area contributed by atoms with Crippen LogP contribution < -0.4 is 0 Å². The molecule has 0 radical (unpaired) electrons. The predicted octanol–water partition coefficient (Wildman–Crippen LogP) is 4.27. The second-order valence-electron chi connectivity index (χ2n) is 6.36. The van der Waals surface area contributed by atoms with Gasteiger partial charge in [0.25, 0.3) is 0 Å². The highest BCUT2D eigenvalue weighted by Crippen LogP contribution is 2.47. The van der Waals surface area contributed by atoms with Gasteiger partial charge in [0.2, 0.25) is 4.77 Å². The van der Waals surface area contributed by atoms with E-state index in [0.717, 1.165) is 11.3 Å². The molecule has 2 aromatic heterocycles. The summed E-state index contributed by atoms with van der Waals surface area (Å²) in [5.41, 5.74) is 0.926. The van der Waals surface area contributed by atoms with E-state index in [1.54, 1.807) is 23.0 Å². The Kier molecular flexibility index (Phi) is 4.09. The van der Waals surface area contributed by atoms with Crippen LogP contribution in [0.3, 0.4) is 0 Å². The molecule has 128 valence electrons. The Morgan fingerprint density at radius 1 is 1.36 bits per heavy atom. The van der Waals surface area contributed by atoms with Crippen LogP contribution in [0, 0.1) is 16.5 Å². The fraction of sp³-hybridized carbons (Fsp3) is 0.278. The van der Waals surface area contributed by atoms with Crippen molar-refractivity contribution in [2.75, 3.05) is 0 Å². The molecule has 0 aliphatic heterocycles. The summed E-state index contributed by atoms with van der Waals surface area (Å²) in [4.78, 5) is 0. The van der Waals surface area contributed by atoms with E-state index in [2.05, 4.69) is 22.2 Å². The third kappa shape index (κ3) is 3.46. The van der Waals surface area contributed by atoms with Crippen molar-refractivity contribution in [3.8, 4) is 0 Å². The Labute approximate surface area is 149 Å². The van der Waals surface area contributed by atoms with Crippen molar-refractivity contribution in [3.63, 3.8) is 0 Å². The van der Waals surface area contributed by atoms with Gasteiger partial charge in [-0.1, -0.05) is 19.1 Å². The Balaban J connectivity index is 1.54. The van der Waals surface area contributed by atoms with Crippen LogP contribution in [0.2, 0.25) is 0 Å². The second kappa shape index (κ2) is 6.40. The lowest BCUT2D eigenvalue weighted by Gasteiger charge is -2.01. The number of aromatic nitrogens is 3. The molecule has 5 nitrogen and oxygen atoms in total. The van der Waals surface area contributed by atoms with E-state index < -0.39 is 0 Å². The molecule has 0 amide bonds. The van der Waals surface area contributed by atoms with Crippen molar-refractivity contribution < 1.29 is 8.81 Å². The number of nitrogens with one attached hydrogen (secondary N) is 1. The summed E-state index contributed by atoms with van der Waals surface area (Å²) in [6.07, 6.45) is 3.31. The second-order valence-corrected chi connectivity index (χ2v) is 6.75. The van der Waals surface area contributed by atoms with E-state index in [1.807, 2.05) is 12.1 Å². The quantitative estimate of drug-likeness (QED) is 0.549. The third-order valence-corrected chi connectivity index (χ3v) is 4.68. The third-order valence-electron chi connectivity index (χ3n) is 4.42. The van der Waals surface area contributed by atoms with Crippen LogP contribution in [-0.2, 0) is 6.42 Å². The number of H-pyrrole nitrogens is 1. The maximum atomic E-state index is 13.0. The Bertz CT molecular complexity index is 970. The van der Waals surface area contributed by atoms with E-state index in [0.29, 0.717) is 34.6 Å². The van der Waals surface area contributed by atoms with E-state index in [-0.39, 0.29) is 5.82 Å². The molecule has 2 atom stereocenters. The highest BCUT2D eigenvalue weighted by atomic mass is 32.1. The van der Waals surface area contributed by atoms with Gasteiger partial charge in [-0.05, 0) is 54.4 Å². The summed E-state index contributed by atoms with van der Waals surface area (Å²) >= 11 is 5.24. The highest BCUT2D eigenvalue weighted by molar-refractivity contribution is 7.71. The SMILES string of the molecule is C[C@H]1C[C@@H]1c1ccc(/C=N\n2c(Cc3ccc(F)cc3)n[nH]c2=S)o1. The molecule has 3 aromatic rings. The molecular weight excluding hydrogens is 339 g/mol. The average molecular weight is 356 g/mol. The largest absolute Gasteiger partial charge is 0.460 e. The molecule has 1 N–H and O–H groups in total. The monoisotopic (exact) mass is 356 g/mol. The lowest BCUT2D eigenvalue weighted by molar-refractivity contribution is 0.500. The van der Waals surface area contributed by atoms with E-state index >= 15 is 0 Å². The molecule has 0 saturated heterocycles. The van der Waals surface area contributed by atoms with E-state index in [9.17, 15) is 4.39 Å². The summed E-state index contributed by atoms with van der Waals surface area (Å²) in [5, 5.41) is 11.3. The molecule has 1 saturated carbocycles. The topological polar surface area (TPSA) is 59.1 Å². The molecular formula is C18H17FN4OS. The fourth-order valence-electron chi connectivity index (χ4n) is 2.81. The normalized spacial score (nSPS) is 19.6. The molecule has 4 rings (SSSR count). The zero-order valence-corrected chi connectivity index (χ0v) is 14.5. The Morgan fingerprint density at radius 2 is 2.12 bits per heavy atom. The summed E-state index contributed by atoms with van der Waals surface area (Å²) < 4.78 is 20.8. The van der Waals surface area contributed by atoms with Gasteiger partial charge in [-0.25, -0.2) is 4.39 Å². The lowest BCUT2D eigenvalue weighted by atomic mass is 10.1. The minimum absolute atomic E-state index is 0.265. The fourth-order valence-corrected chi connectivity index (χ4v) is 3.01. The van der Waals surface area contributed by atoms with Crippen LogP contribution in [0.25, 0.3) is 0 Å². The van der Waals surface area contributed by atoms with E-state index in [4.69, 9.17) is 16.6 Å². The van der Waals surface area contributed by atoms with Gasteiger partial charge in [-0.2, -0.15) is 14.9 Å². The van der Waals surface area contributed by atoms with Crippen LogP contribution in [-0.4, -0.2) is 21.1 Å². The first-order valence-corrected chi connectivity index (χ1v) is 8.56.